The SMILES string of the molecule is CCC(CC)C(=O)/C=C(\O)C(C)(CC)CC.Cc1[c-]c(-c2nccc3cc([Si](C)(C)C)ccc23)cc(C(C)(C)C)c1.[2H]c1cc2cc([Si](C)(C)C)ccc2c(-c2[c-]c(C)cc(C)c2)n1.[Ir]. The van der Waals surface area contributed by atoms with Crippen molar-refractivity contribution in [3.05, 3.63) is 131 Å². The van der Waals surface area contributed by atoms with E-state index in [4.69, 9.17) is 6.35 Å². The van der Waals surface area contributed by atoms with Crippen LogP contribution in [0.15, 0.2) is 97.0 Å². The minimum atomic E-state index is -1.37. The summed E-state index contributed by atoms with van der Waals surface area (Å²) >= 11 is 0. The van der Waals surface area contributed by atoms with Gasteiger partial charge >= 0.3 is 0 Å². The van der Waals surface area contributed by atoms with Gasteiger partial charge in [-0.2, -0.15) is 0 Å². The number of fused-ring (bicyclic) bond motifs is 2. The van der Waals surface area contributed by atoms with Crippen LogP contribution < -0.4 is 10.4 Å². The van der Waals surface area contributed by atoms with Crippen LogP contribution in [0.5, 0.6) is 0 Å². The van der Waals surface area contributed by atoms with Crippen LogP contribution >= 0.6 is 0 Å². The zero-order valence-corrected chi connectivity index (χ0v) is 46.5. The van der Waals surface area contributed by atoms with Gasteiger partial charge in [-0.3, -0.25) is 4.79 Å². The Hall–Kier alpha value is -4.01. The summed E-state index contributed by atoms with van der Waals surface area (Å²) < 4.78 is 8.09. The summed E-state index contributed by atoms with van der Waals surface area (Å²) in [6.07, 6.45) is 7.07. The van der Waals surface area contributed by atoms with Gasteiger partial charge in [0.05, 0.1) is 17.5 Å². The Morgan fingerprint density at radius 2 is 1.19 bits per heavy atom. The quantitative estimate of drug-likeness (QED) is 0.0608. The number of ketones is 1. The molecule has 1 N–H and O–H groups in total. The van der Waals surface area contributed by atoms with Crippen molar-refractivity contribution in [1.29, 1.82) is 0 Å². The van der Waals surface area contributed by atoms with Crippen LogP contribution in [-0.4, -0.2) is 37.0 Å². The normalized spacial score (nSPS) is 12.5. The van der Waals surface area contributed by atoms with E-state index in [0.29, 0.717) is 6.17 Å². The molecule has 0 saturated carbocycles. The summed E-state index contributed by atoms with van der Waals surface area (Å²) in [7, 11) is -2.69. The van der Waals surface area contributed by atoms with E-state index in [-0.39, 0.29) is 48.4 Å². The maximum atomic E-state index is 11.9. The third-order valence-electron chi connectivity index (χ3n) is 12.6. The molecule has 1 radical (unpaired) electrons. The van der Waals surface area contributed by atoms with E-state index in [2.05, 4.69) is 158 Å². The van der Waals surface area contributed by atoms with Gasteiger partial charge in [0.25, 0.3) is 0 Å². The fourth-order valence-corrected chi connectivity index (χ4v) is 10.0. The Labute approximate surface area is 404 Å². The molecule has 0 atom stereocenters. The number of nitrogens with zero attached hydrogens (tertiary/aromatic N) is 2. The van der Waals surface area contributed by atoms with Gasteiger partial charge in [0.1, 0.15) is 5.76 Å². The average Bonchev–Trinajstić information content (AvgIpc) is 3.21. The molecule has 4 nitrogen and oxygen atoms in total. The Morgan fingerprint density at radius 3 is 1.66 bits per heavy atom. The summed E-state index contributed by atoms with van der Waals surface area (Å²) in [5.41, 5.74) is 8.63. The number of aliphatic hydroxyl groups is 1. The molecule has 2 heterocycles. The molecule has 6 aromatic rings. The molecule has 0 fully saturated rings. The standard InChI is InChI=1S/C23H28NSi.C20H22NSi.C14H26O2.Ir/c1-16-12-18(14-19(13-16)23(2,3)4)22-21-9-8-20(25(5,6)7)15-17(21)10-11-24-22;1-14-10-15(2)12-17(11-14)20-19-7-6-18(22(3,4)5)13-16(19)8-9-21-20;1-6-11(7-2)12(15)10-13(16)14(5,8-3)9-4;/h8-11,13-15H,1-7H3;6-11,13H,1-5H3;10-11,16H,6-9H2,1-5H3;/q2*-1;;/b;;13-10-;/i;9D;;. The van der Waals surface area contributed by atoms with E-state index >= 15 is 0 Å². The van der Waals surface area contributed by atoms with Crippen molar-refractivity contribution in [2.24, 2.45) is 11.3 Å². The van der Waals surface area contributed by atoms with Crippen LogP contribution in [0, 0.1) is 44.2 Å². The zero-order chi connectivity index (χ0) is 47.9. The second-order valence-corrected chi connectivity index (χ2v) is 31.0. The van der Waals surface area contributed by atoms with Gasteiger partial charge in [-0.1, -0.05) is 162 Å². The first-order chi connectivity index (χ1) is 29.7. The summed E-state index contributed by atoms with van der Waals surface area (Å²) in [4.78, 5) is 21.1. The number of hydrogen-bond acceptors (Lipinski definition) is 4. The topological polar surface area (TPSA) is 63.1 Å². The zero-order valence-electron chi connectivity index (χ0n) is 43.1. The number of aromatic nitrogens is 2. The second kappa shape index (κ2) is 22.5. The molecule has 7 heteroatoms. The van der Waals surface area contributed by atoms with E-state index in [0.717, 1.165) is 64.5 Å². The molecule has 0 aliphatic carbocycles. The molecule has 345 valence electrons. The van der Waals surface area contributed by atoms with Crippen molar-refractivity contribution in [3.63, 3.8) is 0 Å². The third-order valence-corrected chi connectivity index (χ3v) is 16.7. The molecule has 0 spiro atoms. The van der Waals surface area contributed by atoms with Gasteiger partial charge < -0.3 is 15.1 Å². The van der Waals surface area contributed by atoms with Crippen molar-refractivity contribution < 1.29 is 31.4 Å². The number of rotatable bonds is 11. The Balaban J connectivity index is 0.000000264. The van der Waals surface area contributed by atoms with E-state index in [9.17, 15) is 9.90 Å². The number of aryl methyl sites for hydroxylation is 3. The Kier molecular flexibility index (Phi) is 18.5. The number of carbonyl (C=O) groups excluding carboxylic acids is 1. The molecule has 6 rings (SSSR count). The molecule has 0 saturated heterocycles. The predicted molar refractivity (Wildman–Crippen MR) is 279 cm³/mol. The monoisotopic (exact) mass is 1070 g/mol. The first-order valence-electron chi connectivity index (χ1n) is 23.6. The van der Waals surface area contributed by atoms with E-state index in [1.54, 1.807) is 0 Å². The average molecular weight is 1070 g/mol. The fourth-order valence-electron chi connectivity index (χ4n) is 7.68. The number of allylic oxidation sites excluding steroid dienone is 2. The largest absolute Gasteiger partial charge is 0.512 e. The minimum absolute atomic E-state index is 0. The van der Waals surface area contributed by atoms with E-state index < -0.39 is 16.1 Å². The maximum Gasteiger partial charge on any atom is 0.162 e. The van der Waals surface area contributed by atoms with Crippen LogP contribution in [0.25, 0.3) is 44.1 Å². The summed E-state index contributed by atoms with van der Waals surface area (Å²) in [5, 5.41) is 17.6. The number of aliphatic hydroxyl groups excluding tert-OH is 1. The molecular weight excluding hydrogens is 993 g/mol. The van der Waals surface area contributed by atoms with Crippen molar-refractivity contribution in [2.45, 2.75) is 147 Å². The molecule has 4 aromatic carbocycles. The summed E-state index contributed by atoms with van der Waals surface area (Å²) in [6.45, 7) is 37.3. The molecule has 0 aliphatic heterocycles. The first kappa shape index (κ1) is 52.6. The van der Waals surface area contributed by atoms with Crippen LogP contribution in [0.2, 0.25) is 39.3 Å². The van der Waals surface area contributed by atoms with Gasteiger partial charge in [-0.15, -0.1) is 69.8 Å². The first-order valence-corrected chi connectivity index (χ1v) is 30.1. The minimum Gasteiger partial charge on any atom is -0.512 e. The third kappa shape index (κ3) is 14.0. The van der Waals surface area contributed by atoms with Crippen molar-refractivity contribution in [2.75, 3.05) is 0 Å². The van der Waals surface area contributed by atoms with Crippen molar-refractivity contribution in [3.8, 4) is 22.5 Å². The van der Waals surface area contributed by atoms with Crippen LogP contribution in [0.1, 0.15) is 105 Å². The molecule has 0 bridgehead atoms. The molecule has 2 aromatic heterocycles. The molecule has 0 unspecified atom stereocenters. The molecule has 64 heavy (non-hydrogen) atoms. The summed E-state index contributed by atoms with van der Waals surface area (Å²) in [5.74, 6) is 0.366. The number of hydrogen-bond donors (Lipinski definition) is 1. The van der Waals surface area contributed by atoms with Crippen molar-refractivity contribution >= 4 is 53.8 Å². The molecule has 0 amide bonds. The van der Waals surface area contributed by atoms with Crippen molar-refractivity contribution in [1.82, 2.24) is 9.97 Å². The van der Waals surface area contributed by atoms with Crippen LogP contribution in [0.4, 0.5) is 0 Å². The summed E-state index contributed by atoms with van der Waals surface area (Å²) in [6, 6.07) is 33.1. The second-order valence-electron chi connectivity index (χ2n) is 20.8. The van der Waals surface area contributed by atoms with E-state index in [1.165, 1.54) is 43.9 Å². The number of benzene rings is 4. The maximum absolute atomic E-state index is 11.9. The Morgan fingerprint density at radius 1 is 0.703 bits per heavy atom. The Bertz CT molecular complexity index is 2590. The smallest absolute Gasteiger partial charge is 0.162 e. The van der Waals surface area contributed by atoms with Crippen LogP contribution in [-0.2, 0) is 30.3 Å². The predicted octanol–water partition coefficient (Wildman–Crippen LogP) is 15.0. The van der Waals surface area contributed by atoms with Crippen LogP contribution in [0.3, 0.4) is 0 Å². The van der Waals surface area contributed by atoms with E-state index in [1.807, 2.05) is 53.8 Å². The van der Waals surface area contributed by atoms with Gasteiger partial charge in [-0.25, -0.2) is 0 Å². The molecular formula is C57H76IrN2O2Si2-2. The number of pyridine rings is 2. The number of carbonyl (C=O) groups is 1. The van der Waals surface area contributed by atoms with Gasteiger partial charge in [0, 0.05) is 49.9 Å². The van der Waals surface area contributed by atoms with Gasteiger partial charge in [0.15, 0.2) is 5.78 Å². The fraction of sp³-hybridized carbons (Fsp3) is 0.421. The molecule has 0 aliphatic rings. The van der Waals surface area contributed by atoms with Gasteiger partial charge in [-0.05, 0) is 76.2 Å². The van der Waals surface area contributed by atoms with Gasteiger partial charge in [0.2, 0.25) is 0 Å².